The minimum atomic E-state index is -0.404. The Morgan fingerprint density at radius 1 is 1.40 bits per heavy atom. The third-order valence-corrected chi connectivity index (χ3v) is 1.47. The van der Waals surface area contributed by atoms with Crippen molar-refractivity contribution in [3.63, 3.8) is 0 Å². The highest BCUT2D eigenvalue weighted by molar-refractivity contribution is 5.66. The van der Waals surface area contributed by atoms with Crippen LogP contribution in [-0.2, 0) is 16.1 Å². The van der Waals surface area contributed by atoms with E-state index in [-0.39, 0.29) is 0 Å². The fraction of sp³-hybridized carbons (Fsp3) is 0.273. The van der Waals surface area contributed by atoms with E-state index in [1.807, 2.05) is 30.3 Å². The fourth-order valence-electron chi connectivity index (χ4n) is 0.842. The van der Waals surface area contributed by atoms with Gasteiger partial charge in [0, 0.05) is 6.54 Å². The van der Waals surface area contributed by atoms with Crippen LogP contribution >= 0.6 is 0 Å². The third-order valence-electron chi connectivity index (χ3n) is 1.47. The van der Waals surface area contributed by atoms with Crippen LogP contribution in [0.25, 0.3) is 0 Å². The number of carbonyl (C=O) groups is 2. The second-order valence-electron chi connectivity index (χ2n) is 2.57. The summed E-state index contributed by atoms with van der Waals surface area (Å²) >= 11 is 0. The van der Waals surface area contributed by atoms with Crippen molar-refractivity contribution in [1.29, 1.82) is 0 Å². The van der Waals surface area contributed by atoms with Gasteiger partial charge < -0.3 is 14.8 Å². The van der Waals surface area contributed by atoms with E-state index in [0.29, 0.717) is 6.54 Å². The van der Waals surface area contributed by atoms with Crippen molar-refractivity contribution >= 4 is 12.4 Å². The van der Waals surface area contributed by atoms with E-state index in [1.165, 1.54) is 14.0 Å². The molecule has 0 saturated heterocycles. The van der Waals surface area contributed by atoms with Crippen LogP contribution in [0.3, 0.4) is 0 Å². The van der Waals surface area contributed by atoms with Crippen molar-refractivity contribution < 1.29 is 14.3 Å². The Bertz CT molecular complexity index is 285. The van der Waals surface area contributed by atoms with Crippen LogP contribution < -0.4 is 5.32 Å². The topological polar surface area (TPSA) is 55.4 Å². The maximum atomic E-state index is 10.7. The van der Waals surface area contributed by atoms with Gasteiger partial charge in [-0.05, 0) is 12.5 Å². The van der Waals surface area contributed by atoms with Crippen LogP contribution in [0, 0.1) is 0 Å². The molecule has 1 aromatic carbocycles. The number of nitrogens with one attached hydrogen (secondary N) is 1. The lowest BCUT2D eigenvalue weighted by atomic mass is 10.2. The zero-order valence-corrected chi connectivity index (χ0v) is 8.90. The molecule has 0 aliphatic rings. The number of carbonyl (C=O) groups excluding carboxylic acids is 2. The van der Waals surface area contributed by atoms with E-state index < -0.39 is 6.09 Å². The lowest BCUT2D eigenvalue weighted by molar-refractivity contribution is -0.106. The highest BCUT2D eigenvalue weighted by Gasteiger charge is 1.96. The van der Waals surface area contributed by atoms with E-state index in [1.54, 1.807) is 0 Å². The zero-order chi connectivity index (χ0) is 11.5. The van der Waals surface area contributed by atoms with E-state index in [4.69, 9.17) is 4.79 Å². The quantitative estimate of drug-likeness (QED) is 0.755. The summed E-state index contributed by atoms with van der Waals surface area (Å²) in [6.45, 7) is 1.95. The van der Waals surface area contributed by atoms with Gasteiger partial charge in [-0.25, -0.2) is 4.79 Å². The first-order chi connectivity index (χ1) is 7.24. The van der Waals surface area contributed by atoms with Gasteiger partial charge in [-0.15, -0.1) is 0 Å². The molecule has 1 aromatic rings. The van der Waals surface area contributed by atoms with E-state index in [2.05, 4.69) is 10.1 Å². The molecule has 1 rings (SSSR count). The monoisotopic (exact) mass is 209 g/mol. The highest BCUT2D eigenvalue weighted by Crippen LogP contribution is 1.96. The number of benzene rings is 1. The van der Waals surface area contributed by atoms with Crippen LogP contribution in [-0.4, -0.2) is 19.5 Å². The number of hydrogen-bond donors (Lipinski definition) is 1. The summed E-state index contributed by atoms with van der Waals surface area (Å²) in [6.07, 6.45) is 0.346. The maximum Gasteiger partial charge on any atom is 0.407 e. The van der Waals surface area contributed by atoms with Crippen LogP contribution in [0.4, 0.5) is 4.79 Å². The van der Waals surface area contributed by atoms with Crippen LogP contribution in [0.5, 0.6) is 0 Å². The molecular formula is C11H15NO3. The summed E-state index contributed by atoms with van der Waals surface area (Å²) in [6, 6.07) is 9.66. The Balaban J connectivity index is 0.000000583. The largest absolute Gasteiger partial charge is 0.453 e. The Kier molecular flexibility index (Phi) is 7.67. The van der Waals surface area contributed by atoms with Gasteiger partial charge >= 0.3 is 6.09 Å². The molecule has 1 amide bonds. The van der Waals surface area contributed by atoms with Gasteiger partial charge in [-0.2, -0.15) is 0 Å². The molecule has 4 heteroatoms. The molecule has 0 atom stereocenters. The Morgan fingerprint density at radius 3 is 2.40 bits per heavy atom. The number of alkyl carbamates (subject to hydrolysis) is 1. The van der Waals surface area contributed by atoms with E-state index >= 15 is 0 Å². The summed E-state index contributed by atoms with van der Waals surface area (Å²) in [5, 5.41) is 2.59. The summed E-state index contributed by atoms with van der Waals surface area (Å²) in [5.41, 5.74) is 1.06. The van der Waals surface area contributed by atoms with Gasteiger partial charge in [0.05, 0.1) is 7.11 Å². The smallest absolute Gasteiger partial charge is 0.407 e. The van der Waals surface area contributed by atoms with Crippen molar-refractivity contribution in [2.24, 2.45) is 0 Å². The molecule has 0 aromatic heterocycles. The molecule has 0 aliphatic heterocycles. The molecule has 15 heavy (non-hydrogen) atoms. The predicted molar refractivity (Wildman–Crippen MR) is 57.4 cm³/mol. The second-order valence-corrected chi connectivity index (χ2v) is 2.57. The first-order valence-corrected chi connectivity index (χ1v) is 4.50. The highest BCUT2D eigenvalue weighted by atomic mass is 16.5. The van der Waals surface area contributed by atoms with Crippen molar-refractivity contribution in [1.82, 2.24) is 5.32 Å². The number of amides is 1. The Hall–Kier alpha value is -1.84. The number of hydrogen-bond acceptors (Lipinski definition) is 3. The first kappa shape index (κ1) is 13.2. The van der Waals surface area contributed by atoms with Crippen LogP contribution in [0.1, 0.15) is 12.5 Å². The van der Waals surface area contributed by atoms with Gasteiger partial charge in [0.15, 0.2) is 0 Å². The van der Waals surface area contributed by atoms with E-state index in [9.17, 15) is 4.79 Å². The zero-order valence-electron chi connectivity index (χ0n) is 8.90. The molecule has 0 unspecified atom stereocenters. The second kappa shape index (κ2) is 8.74. The summed E-state index contributed by atoms with van der Waals surface area (Å²) in [4.78, 5) is 19.5. The summed E-state index contributed by atoms with van der Waals surface area (Å²) in [7, 11) is 1.35. The first-order valence-electron chi connectivity index (χ1n) is 4.50. The molecule has 1 N–H and O–H groups in total. The average molecular weight is 209 g/mol. The number of rotatable bonds is 2. The SMILES string of the molecule is CC=O.COC(=O)NCc1ccccc1. The molecule has 0 aliphatic carbocycles. The summed E-state index contributed by atoms with van der Waals surface area (Å²) < 4.78 is 4.42. The van der Waals surface area contributed by atoms with Crippen molar-refractivity contribution in [2.75, 3.05) is 7.11 Å². The van der Waals surface area contributed by atoms with Crippen molar-refractivity contribution in [3.8, 4) is 0 Å². The Morgan fingerprint density at radius 2 is 1.93 bits per heavy atom. The predicted octanol–water partition coefficient (Wildman–Crippen LogP) is 1.75. The van der Waals surface area contributed by atoms with Gasteiger partial charge in [-0.1, -0.05) is 30.3 Å². The fourth-order valence-corrected chi connectivity index (χ4v) is 0.842. The van der Waals surface area contributed by atoms with Crippen LogP contribution in [0.2, 0.25) is 0 Å². The third kappa shape index (κ3) is 7.25. The van der Waals surface area contributed by atoms with Gasteiger partial charge in [-0.3, -0.25) is 0 Å². The standard InChI is InChI=1S/C9H11NO2.C2H4O/c1-12-9(11)10-7-8-5-3-2-4-6-8;1-2-3/h2-6H,7H2,1H3,(H,10,11);2H,1H3. The van der Waals surface area contributed by atoms with Gasteiger partial charge in [0.2, 0.25) is 0 Å². The van der Waals surface area contributed by atoms with Crippen molar-refractivity contribution in [3.05, 3.63) is 35.9 Å². The molecule has 0 bridgehead atoms. The van der Waals surface area contributed by atoms with Gasteiger partial charge in [0.1, 0.15) is 6.29 Å². The summed E-state index contributed by atoms with van der Waals surface area (Å²) in [5.74, 6) is 0. The van der Waals surface area contributed by atoms with E-state index in [0.717, 1.165) is 11.8 Å². The number of aldehydes is 1. The Labute approximate surface area is 89.2 Å². The maximum absolute atomic E-state index is 10.7. The average Bonchev–Trinajstić information content (AvgIpc) is 2.28. The van der Waals surface area contributed by atoms with Crippen LogP contribution in [0.15, 0.2) is 30.3 Å². The molecule has 0 radical (unpaired) electrons. The number of ether oxygens (including phenoxy) is 1. The molecule has 0 saturated carbocycles. The molecule has 0 heterocycles. The molecular weight excluding hydrogens is 194 g/mol. The normalized spacial score (nSPS) is 8.13. The molecule has 0 spiro atoms. The molecule has 0 fully saturated rings. The molecule has 82 valence electrons. The van der Waals surface area contributed by atoms with Gasteiger partial charge in [0.25, 0.3) is 0 Å². The minimum Gasteiger partial charge on any atom is -0.453 e. The minimum absolute atomic E-state index is 0.404. The lowest BCUT2D eigenvalue weighted by Crippen LogP contribution is -2.22. The lowest BCUT2D eigenvalue weighted by Gasteiger charge is -2.02. The number of methoxy groups -OCH3 is 1. The van der Waals surface area contributed by atoms with Crippen molar-refractivity contribution in [2.45, 2.75) is 13.5 Å². The molecule has 4 nitrogen and oxygen atoms in total.